The van der Waals surface area contributed by atoms with Crippen molar-refractivity contribution in [3.05, 3.63) is 35.8 Å². The topological polar surface area (TPSA) is 73.4 Å². The maximum atomic E-state index is 13.2. The molecule has 122 valence electrons. The third-order valence-electron chi connectivity index (χ3n) is 4.72. The minimum Gasteiger partial charge on any atom is -0.396 e. The molecule has 1 amide bonds. The lowest BCUT2D eigenvalue weighted by atomic mass is 9.81. The van der Waals surface area contributed by atoms with Crippen molar-refractivity contribution in [2.45, 2.75) is 19.8 Å². The number of carbonyl (C=O) groups is 2. The number of likely N-dealkylation sites (tertiary alicyclic amines) is 1. The van der Waals surface area contributed by atoms with Gasteiger partial charge in [-0.25, -0.2) is 4.39 Å². The summed E-state index contributed by atoms with van der Waals surface area (Å²) in [5.74, 6) is -1.53. The largest absolute Gasteiger partial charge is 0.396 e. The maximum absolute atomic E-state index is 13.2. The van der Waals surface area contributed by atoms with Crippen LogP contribution in [0.1, 0.15) is 30.1 Å². The minimum atomic E-state index is -0.588. The highest BCUT2D eigenvalue weighted by molar-refractivity contribution is 6.44. The van der Waals surface area contributed by atoms with Crippen LogP contribution in [0.25, 0.3) is 10.9 Å². The molecule has 2 aromatic rings. The Morgan fingerprint density at radius 3 is 2.70 bits per heavy atom. The first-order chi connectivity index (χ1) is 10.9. The van der Waals surface area contributed by atoms with Gasteiger partial charge in [0, 0.05) is 36.8 Å². The van der Waals surface area contributed by atoms with E-state index in [1.807, 2.05) is 6.92 Å². The number of H-pyrrole nitrogens is 1. The van der Waals surface area contributed by atoms with Gasteiger partial charge in [0.2, 0.25) is 0 Å². The fraction of sp³-hybridized carbons (Fsp3) is 0.412. The molecule has 1 aromatic heterocycles. The minimum absolute atomic E-state index is 0.0803. The van der Waals surface area contributed by atoms with Gasteiger partial charge in [-0.15, -0.1) is 0 Å². The van der Waals surface area contributed by atoms with E-state index in [4.69, 9.17) is 0 Å². The Labute approximate surface area is 133 Å². The number of halogens is 1. The standard InChI is InChI=1S/C17H19FN2O3/c1-17(10-21)4-6-20(7-5-17)16(23)15(22)13-9-19-14-8-11(18)2-3-12(13)14/h2-3,8-9,19,21H,4-7,10H2,1H3. The van der Waals surface area contributed by atoms with Crippen LogP contribution in [0.4, 0.5) is 4.39 Å². The molecule has 2 heterocycles. The Bertz CT molecular complexity index is 760. The molecule has 0 spiro atoms. The van der Waals surface area contributed by atoms with E-state index in [-0.39, 0.29) is 17.6 Å². The fourth-order valence-electron chi connectivity index (χ4n) is 2.95. The van der Waals surface area contributed by atoms with E-state index in [2.05, 4.69) is 4.98 Å². The Balaban J connectivity index is 1.78. The van der Waals surface area contributed by atoms with E-state index in [1.165, 1.54) is 29.3 Å². The molecule has 2 N–H and O–H groups in total. The van der Waals surface area contributed by atoms with Crippen LogP contribution in [0.2, 0.25) is 0 Å². The van der Waals surface area contributed by atoms with Gasteiger partial charge in [0.25, 0.3) is 11.7 Å². The smallest absolute Gasteiger partial charge is 0.295 e. The predicted octanol–water partition coefficient (Wildman–Crippen LogP) is 2.11. The highest BCUT2D eigenvalue weighted by atomic mass is 19.1. The van der Waals surface area contributed by atoms with Gasteiger partial charge < -0.3 is 15.0 Å². The van der Waals surface area contributed by atoms with Crippen LogP contribution < -0.4 is 0 Å². The number of hydrogen-bond donors (Lipinski definition) is 2. The average Bonchev–Trinajstić information content (AvgIpc) is 2.97. The number of ketones is 1. The zero-order valence-corrected chi connectivity index (χ0v) is 12.9. The van der Waals surface area contributed by atoms with E-state index < -0.39 is 17.5 Å². The van der Waals surface area contributed by atoms with Crippen LogP contribution in [0.3, 0.4) is 0 Å². The fourth-order valence-corrected chi connectivity index (χ4v) is 2.95. The number of rotatable bonds is 3. The highest BCUT2D eigenvalue weighted by Gasteiger charge is 2.34. The van der Waals surface area contributed by atoms with Crippen LogP contribution in [0.15, 0.2) is 24.4 Å². The quantitative estimate of drug-likeness (QED) is 0.672. The number of aliphatic hydroxyl groups excluding tert-OH is 1. The number of nitrogens with zero attached hydrogens (tertiary/aromatic N) is 1. The monoisotopic (exact) mass is 318 g/mol. The number of amides is 1. The number of carbonyl (C=O) groups excluding carboxylic acids is 2. The van der Waals surface area contributed by atoms with Crippen molar-refractivity contribution in [2.24, 2.45) is 5.41 Å². The van der Waals surface area contributed by atoms with Gasteiger partial charge >= 0.3 is 0 Å². The van der Waals surface area contributed by atoms with E-state index in [0.717, 1.165) is 0 Å². The maximum Gasteiger partial charge on any atom is 0.295 e. The number of aromatic nitrogens is 1. The summed E-state index contributed by atoms with van der Waals surface area (Å²) in [6.45, 7) is 2.97. The summed E-state index contributed by atoms with van der Waals surface area (Å²) in [4.78, 5) is 29.3. The van der Waals surface area contributed by atoms with Gasteiger partial charge in [0.15, 0.2) is 0 Å². The summed E-state index contributed by atoms with van der Waals surface area (Å²) in [6.07, 6.45) is 2.79. The molecular formula is C17H19FN2O3. The second kappa shape index (κ2) is 5.77. The molecule has 1 aliphatic heterocycles. The van der Waals surface area contributed by atoms with Gasteiger partial charge in [-0.1, -0.05) is 6.92 Å². The Morgan fingerprint density at radius 2 is 2.04 bits per heavy atom. The molecule has 0 unspecified atom stereocenters. The van der Waals surface area contributed by atoms with Crippen LogP contribution in [0.5, 0.6) is 0 Å². The SMILES string of the molecule is CC1(CO)CCN(C(=O)C(=O)c2c[nH]c3cc(F)ccc23)CC1. The first kappa shape index (κ1) is 15.7. The second-order valence-electron chi connectivity index (χ2n) is 6.48. The molecule has 1 saturated heterocycles. The predicted molar refractivity (Wildman–Crippen MR) is 83.6 cm³/mol. The Kier molecular flexibility index (Phi) is 3.93. The van der Waals surface area contributed by atoms with Crippen molar-refractivity contribution in [2.75, 3.05) is 19.7 Å². The third-order valence-corrected chi connectivity index (χ3v) is 4.72. The highest BCUT2D eigenvalue weighted by Crippen LogP contribution is 2.30. The molecule has 1 aromatic carbocycles. The van der Waals surface area contributed by atoms with Crippen molar-refractivity contribution in [3.8, 4) is 0 Å². The molecule has 0 saturated carbocycles. The summed E-state index contributed by atoms with van der Waals surface area (Å²) in [5.41, 5.74) is 0.575. The summed E-state index contributed by atoms with van der Waals surface area (Å²) in [6, 6.07) is 4.07. The van der Waals surface area contributed by atoms with Gasteiger partial charge in [-0.3, -0.25) is 9.59 Å². The van der Waals surface area contributed by atoms with Gasteiger partial charge in [0.05, 0.1) is 5.56 Å². The number of Topliss-reactive ketones (excluding diaryl/α,β-unsaturated/α-hetero) is 1. The van der Waals surface area contributed by atoms with E-state index in [0.29, 0.717) is 36.8 Å². The molecule has 0 radical (unpaired) electrons. The first-order valence-corrected chi connectivity index (χ1v) is 7.65. The number of aliphatic hydroxyl groups is 1. The lowest BCUT2D eigenvalue weighted by molar-refractivity contribution is -0.129. The number of piperidine rings is 1. The number of hydrogen-bond acceptors (Lipinski definition) is 3. The van der Waals surface area contributed by atoms with Crippen LogP contribution in [0, 0.1) is 11.2 Å². The Morgan fingerprint density at radius 1 is 1.35 bits per heavy atom. The van der Waals surface area contributed by atoms with Gasteiger partial charge in [-0.05, 0) is 36.5 Å². The molecule has 0 aliphatic carbocycles. The molecule has 5 nitrogen and oxygen atoms in total. The third kappa shape index (κ3) is 2.86. The van der Waals surface area contributed by atoms with Gasteiger partial charge in [0.1, 0.15) is 5.82 Å². The molecule has 3 rings (SSSR count). The number of benzene rings is 1. The molecule has 6 heteroatoms. The van der Waals surface area contributed by atoms with Crippen molar-refractivity contribution in [1.82, 2.24) is 9.88 Å². The normalized spacial score (nSPS) is 17.4. The van der Waals surface area contributed by atoms with Crippen molar-refractivity contribution in [1.29, 1.82) is 0 Å². The summed E-state index contributed by atoms with van der Waals surface area (Å²) in [7, 11) is 0. The lowest BCUT2D eigenvalue weighted by Gasteiger charge is -2.37. The summed E-state index contributed by atoms with van der Waals surface area (Å²) < 4.78 is 13.2. The molecule has 1 aliphatic rings. The molecule has 23 heavy (non-hydrogen) atoms. The van der Waals surface area contributed by atoms with E-state index in [1.54, 1.807) is 0 Å². The number of fused-ring (bicyclic) bond motifs is 1. The number of nitrogens with one attached hydrogen (secondary N) is 1. The van der Waals surface area contributed by atoms with Gasteiger partial charge in [-0.2, -0.15) is 0 Å². The van der Waals surface area contributed by atoms with Crippen LogP contribution in [-0.4, -0.2) is 46.4 Å². The lowest BCUT2D eigenvalue weighted by Crippen LogP contribution is -2.45. The molecular weight excluding hydrogens is 299 g/mol. The summed E-state index contributed by atoms with van der Waals surface area (Å²) >= 11 is 0. The van der Waals surface area contributed by atoms with E-state index in [9.17, 15) is 19.1 Å². The zero-order chi connectivity index (χ0) is 16.6. The second-order valence-corrected chi connectivity index (χ2v) is 6.48. The zero-order valence-electron chi connectivity index (χ0n) is 12.9. The van der Waals surface area contributed by atoms with Crippen LogP contribution in [-0.2, 0) is 4.79 Å². The molecule has 0 atom stereocenters. The molecule has 0 bridgehead atoms. The Hall–Kier alpha value is -2.21. The summed E-state index contributed by atoms with van der Waals surface area (Å²) in [5, 5.41) is 9.91. The number of aromatic amines is 1. The average molecular weight is 318 g/mol. The van der Waals surface area contributed by atoms with Crippen molar-refractivity contribution < 1.29 is 19.1 Å². The van der Waals surface area contributed by atoms with Crippen LogP contribution >= 0.6 is 0 Å². The van der Waals surface area contributed by atoms with Crippen molar-refractivity contribution in [3.63, 3.8) is 0 Å². The van der Waals surface area contributed by atoms with Crippen molar-refractivity contribution >= 4 is 22.6 Å². The molecule has 1 fully saturated rings. The van der Waals surface area contributed by atoms with E-state index >= 15 is 0 Å². The first-order valence-electron chi connectivity index (χ1n) is 7.65.